The highest BCUT2D eigenvalue weighted by Gasteiger charge is 2.41. The van der Waals surface area contributed by atoms with E-state index in [0.717, 1.165) is 42.5 Å². The number of hydrogen-bond acceptors (Lipinski definition) is 4. The lowest BCUT2D eigenvalue weighted by atomic mass is 9.83. The first-order valence-electron chi connectivity index (χ1n) is 10.3. The van der Waals surface area contributed by atoms with E-state index in [1.165, 1.54) is 11.3 Å². The Balaban J connectivity index is 1.42. The van der Waals surface area contributed by atoms with Crippen LogP contribution in [0.1, 0.15) is 11.3 Å². The number of carbonyl (C=O) groups is 1. The Hall–Kier alpha value is -2.92. The van der Waals surface area contributed by atoms with Gasteiger partial charge in [0.1, 0.15) is 5.76 Å². The fourth-order valence-corrected chi connectivity index (χ4v) is 4.96. The molecular weight excluding hydrogens is 398 g/mol. The first-order chi connectivity index (χ1) is 14.7. The summed E-state index contributed by atoms with van der Waals surface area (Å²) in [6.07, 6.45) is 2.36. The van der Waals surface area contributed by atoms with Crippen molar-refractivity contribution in [2.45, 2.75) is 19.0 Å². The molecule has 1 fully saturated rings. The van der Waals surface area contributed by atoms with Gasteiger partial charge in [-0.2, -0.15) is 0 Å². The lowest BCUT2D eigenvalue weighted by molar-refractivity contribution is -0.126. The number of furan rings is 1. The van der Waals surface area contributed by atoms with Gasteiger partial charge in [-0.05, 0) is 42.3 Å². The molecular formula is C24H24ClN3O2. The molecule has 3 heterocycles. The van der Waals surface area contributed by atoms with Crippen molar-refractivity contribution < 1.29 is 9.21 Å². The Morgan fingerprint density at radius 2 is 1.83 bits per heavy atom. The number of anilines is 2. The second-order valence-corrected chi connectivity index (χ2v) is 8.30. The largest absolute Gasteiger partial charge is 0.467 e. The maximum atomic E-state index is 13.2. The van der Waals surface area contributed by atoms with Crippen molar-refractivity contribution >= 4 is 28.9 Å². The van der Waals surface area contributed by atoms with Crippen LogP contribution in [0.2, 0.25) is 5.02 Å². The molecule has 1 aromatic heterocycles. The van der Waals surface area contributed by atoms with E-state index >= 15 is 0 Å². The number of piperazine rings is 1. The van der Waals surface area contributed by atoms with Crippen molar-refractivity contribution in [1.29, 1.82) is 0 Å². The van der Waals surface area contributed by atoms with Gasteiger partial charge in [0.2, 0.25) is 5.91 Å². The van der Waals surface area contributed by atoms with E-state index in [4.69, 9.17) is 16.0 Å². The molecule has 0 aliphatic carbocycles. The summed E-state index contributed by atoms with van der Waals surface area (Å²) < 4.78 is 5.37. The SMILES string of the molecule is O=C(NCc1ccco1)C1Cc2ccccc2N2CCN(c3ccccc3Cl)CC12. The van der Waals surface area contributed by atoms with E-state index in [0.29, 0.717) is 6.54 Å². The normalized spacial score (nSPS) is 20.4. The molecule has 0 saturated carbocycles. The zero-order valence-corrected chi connectivity index (χ0v) is 17.4. The number of hydrogen-bond donors (Lipinski definition) is 1. The fraction of sp³-hybridized carbons (Fsp3) is 0.292. The topological polar surface area (TPSA) is 48.7 Å². The van der Waals surface area contributed by atoms with Gasteiger partial charge in [-0.3, -0.25) is 4.79 Å². The summed E-state index contributed by atoms with van der Waals surface area (Å²) in [4.78, 5) is 18.0. The van der Waals surface area contributed by atoms with E-state index in [-0.39, 0.29) is 17.9 Å². The number of benzene rings is 2. The van der Waals surface area contributed by atoms with Crippen molar-refractivity contribution in [1.82, 2.24) is 5.32 Å². The second kappa shape index (κ2) is 8.07. The summed E-state index contributed by atoms with van der Waals surface area (Å²) in [7, 11) is 0. The summed E-state index contributed by atoms with van der Waals surface area (Å²) in [5, 5.41) is 3.83. The number of nitrogens with zero attached hydrogens (tertiary/aromatic N) is 2. The number of amides is 1. The number of halogens is 1. The maximum absolute atomic E-state index is 13.2. The van der Waals surface area contributed by atoms with Crippen molar-refractivity contribution in [3.63, 3.8) is 0 Å². The van der Waals surface area contributed by atoms with Crippen molar-refractivity contribution in [2.75, 3.05) is 29.4 Å². The Morgan fingerprint density at radius 1 is 1.03 bits per heavy atom. The predicted molar refractivity (Wildman–Crippen MR) is 119 cm³/mol. The molecule has 5 nitrogen and oxygen atoms in total. The highest BCUT2D eigenvalue weighted by molar-refractivity contribution is 6.33. The van der Waals surface area contributed by atoms with Gasteiger partial charge in [-0.15, -0.1) is 0 Å². The highest BCUT2D eigenvalue weighted by Crippen LogP contribution is 2.38. The molecule has 1 saturated heterocycles. The summed E-state index contributed by atoms with van der Waals surface area (Å²) >= 11 is 6.47. The smallest absolute Gasteiger partial charge is 0.225 e. The van der Waals surface area contributed by atoms with Crippen LogP contribution in [0, 0.1) is 5.92 Å². The maximum Gasteiger partial charge on any atom is 0.225 e. The molecule has 2 aliphatic heterocycles. The highest BCUT2D eigenvalue weighted by atomic mass is 35.5. The van der Waals surface area contributed by atoms with Crippen LogP contribution >= 0.6 is 11.6 Å². The number of rotatable bonds is 4. The van der Waals surface area contributed by atoms with Crippen molar-refractivity contribution in [3.05, 3.63) is 83.3 Å². The van der Waals surface area contributed by atoms with E-state index in [1.807, 2.05) is 30.3 Å². The molecule has 0 spiro atoms. The van der Waals surface area contributed by atoms with Crippen LogP contribution in [-0.2, 0) is 17.8 Å². The van der Waals surface area contributed by atoms with Crippen molar-refractivity contribution in [2.24, 2.45) is 5.92 Å². The minimum Gasteiger partial charge on any atom is -0.467 e. The predicted octanol–water partition coefficient (Wildman–Crippen LogP) is 4.12. The molecule has 2 atom stereocenters. The summed E-state index contributed by atoms with van der Waals surface area (Å²) in [5.74, 6) is 0.690. The Kier molecular flexibility index (Phi) is 5.13. The number of carbonyl (C=O) groups excluding carboxylic acids is 1. The van der Waals surface area contributed by atoms with Crippen LogP contribution in [-0.4, -0.2) is 31.6 Å². The fourth-order valence-electron chi connectivity index (χ4n) is 4.70. The molecule has 30 heavy (non-hydrogen) atoms. The summed E-state index contributed by atoms with van der Waals surface area (Å²) in [5.41, 5.74) is 3.52. The summed E-state index contributed by atoms with van der Waals surface area (Å²) in [6.45, 7) is 2.89. The van der Waals surface area contributed by atoms with E-state index < -0.39 is 0 Å². The van der Waals surface area contributed by atoms with Crippen LogP contribution in [0.15, 0.2) is 71.3 Å². The van der Waals surface area contributed by atoms with Gasteiger partial charge in [0.15, 0.2) is 0 Å². The summed E-state index contributed by atoms with van der Waals surface area (Å²) in [6, 6.07) is 20.2. The molecule has 2 aromatic carbocycles. The molecule has 6 heteroatoms. The van der Waals surface area contributed by atoms with Crippen molar-refractivity contribution in [3.8, 4) is 0 Å². The average Bonchev–Trinajstić information content (AvgIpc) is 3.30. The standard InChI is InChI=1S/C24H24ClN3O2/c25-20-8-2-4-10-22(20)27-11-12-28-21-9-3-1-6-17(21)14-19(23(28)16-27)24(29)26-15-18-7-5-13-30-18/h1-10,13,19,23H,11-12,14-16H2,(H,26,29). The molecule has 3 aromatic rings. The minimum absolute atomic E-state index is 0.0666. The Bertz CT molecular complexity index is 1040. The van der Waals surface area contributed by atoms with Crippen LogP contribution in [0.5, 0.6) is 0 Å². The van der Waals surface area contributed by atoms with Crippen LogP contribution in [0.25, 0.3) is 0 Å². The third-order valence-electron chi connectivity index (χ3n) is 6.17. The van der Waals surface area contributed by atoms with Gasteiger partial charge in [-0.25, -0.2) is 0 Å². The quantitative estimate of drug-likeness (QED) is 0.688. The van der Waals surface area contributed by atoms with E-state index in [9.17, 15) is 4.79 Å². The molecule has 0 radical (unpaired) electrons. The van der Waals surface area contributed by atoms with Crippen LogP contribution in [0.4, 0.5) is 11.4 Å². The number of nitrogens with one attached hydrogen (secondary N) is 1. The van der Waals surface area contributed by atoms with Crippen LogP contribution < -0.4 is 15.1 Å². The van der Waals surface area contributed by atoms with Gasteiger partial charge in [0.05, 0.1) is 35.5 Å². The number of para-hydroxylation sites is 2. The molecule has 5 rings (SSSR count). The molecule has 1 N–H and O–H groups in total. The number of fused-ring (bicyclic) bond motifs is 3. The average molecular weight is 422 g/mol. The minimum atomic E-state index is -0.139. The first-order valence-corrected chi connectivity index (χ1v) is 10.7. The van der Waals surface area contributed by atoms with Gasteiger partial charge in [0, 0.05) is 25.3 Å². The van der Waals surface area contributed by atoms with Crippen LogP contribution in [0.3, 0.4) is 0 Å². The first kappa shape index (κ1) is 19.1. The van der Waals surface area contributed by atoms with E-state index in [2.05, 4.69) is 45.4 Å². The van der Waals surface area contributed by atoms with Gasteiger partial charge < -0.3 is 19.5 Å². The molecule has 2 unspecified atom stereocenters. The molecule has 1 amide bonds. The van der Waals surface area contributed by atoms with E-state index in [1.54, 1.807) is 6.26 Å². The third-order valence-corrected chi connectivity index (χ3v) is 6.49. The third kappa shape index (κ3) is 3.54. The molecule has 0 bridgehead atoms. The lowest BCUT2D eigenvalue weighted by Crippen LogP contribution is -2.61. The Labute approximate surface area is 181 Å². The van der Waals surface area contributed by atoms with Gasteiger partial charge in [0.25, 0.3) is 0 Å². The monoisotopic (exact) mass is 421 g/mol. The zero-order valence-electron chi connectivity index (χ0n) is 16.6. The lowest BCUT2D eigenvalue weighted by Gasteiger charge is -2.49. The Morgan fingerprint density at radius 3 is 2.63 bits per heavy atom. The zero-order chi connectivity index (χ0) is 20.5. The molecule has 154 valence electrons. The van der Waals surface area contributed by atoms with Gasteiger partial charge >= 0.3 is 0 Å². The second-order valence-electron chi connectivity index (χ2n) is 7.89. The molecule has 2 aliphatic rings. The van der Waals surface area contributed by atoms with Gasteiger partial charge in [-0.1, -0.05) is 41.9 Å².